The first kappa shape index (κ1) is 88.1. The fourth-order valence-electron chi connectivity index (χ4n) is 23.2. The standard InChI is InChI=1S/C26H25FN8O3.C26H28FN7O.2C25H26FN7O/c1-28-18-9-14(27)8-17-16(18)10-19-20(17)22(35-6-4-26(5-7-35)23(36)33-24(37)34-26)32-25(31-19)38-15-11-29-21(30-12-15)13-2-3-13;1-29-21-7-15(27)6-18-17(21)8-22-23(18)25(34-11-14-4-5-20(28)19(14)12-34)33-26(32-22)35-16-9-30-24(31-10-16)13-2-3-13;1-28-20-5-13(26)4-16-15(20)6-21-22(16)24(33-10-18-17(7-27)19(18)11-33)32-25(31-21)34-14-8-29-23(30-9-14)12-2-3-12;1-27-19-7-15(26)6-18-17(19)8-20-22(18)24(33-11-14-4-5-28-21(14)12-33)32-25(31-20)34-16-9-29-23(30-10-16)13-2-3-13/h8-9,11-13,28H,2-7,10H2,1H3,(H2,33,34,36,37);6-7,9-10,13-14,19-20,29H,2-5,8,11-12,28H2,1H3;4-5,8-9,12,17-19,28H,2-3,6-7,10-11,27H2,1H3;6-7,9-10,13-14,21,27-28H,2-5,8,11-12H2,1H3. The van der Waals surface area contributed by atoms with Gasteiger partial charge in [0.05, 0.1) is 72.4 Å². The molecule has 28 rings (SSSR count). The molecule has 0 radical (unpaired) electrons. The van der Waals surface area contributed by atoms with Gasteiger partial charge in [0.2, 0.25) is 0 Å². The summed E-state index contributed by atoms with van der Waals surface area (Å²) in [6.07, 6.45) is 29.0. The van der Waals surface area contributed by atoms with Crippen LogP contribution in [0.4, 0.5) is 68.4 Å². The van der Waals surface area contributed by atoms with E-state index in [4.69, 9.17) is 70.3 Å². The Morgan fingerprint density at radius 3 is 1.04 bits per heavy atom. The van der Waals surface area contributed by atoms with Gasteiger partial charge < -0.3 is 81.9 Å². The molecule has 12 fully saturated rings. The second-order valence-electron chi connectivity index (χ2n) is 40.0. The number of amides is 3. The number of imide groups is 1. The van der Waals surface area contributed by atoms with Crippen molar-refractivity contribution in [1.29, 1.82) is 0 Å². The van der Waals surface area contributed by atoms with Crippen molar-refractivity contribution >= 4 is 58.0 Å². The number of nitrogens with zero attached hydrogens (tertiary/aromatic N) is 20. The minimum absolute atomic E-state index is 0.146. The van der Waals surface area contributed by atoms with Crippen molar-refractivity contribution in [2.75, 3.05) is 135 Å². The zero-order chi connectivity index (χ0) is 95.5. The fraction of sp³-hybridized carbons (Fsp3) is 0.431. The number of carbonyl (C=O) groups excluding carboxylic acids is 2. The van der Waals surface area contributed by atoms with Gasteiger partial charge in [-0.05, 0) is 225 Å². The first-order valence-electron chi connectivity index (χ1n) is 49.3. The molecule has 12 aromatic rings. The van der Waals surface area contributed by atoms with Crippen LogP contribution in [0.25, 0.3) is 44.5 Å². The van der Waals surface area contributed by atoms with Crippen molar-refractivity contribution in [3.8, 4) is 91.5 Å². The maximum Gasteiger partial charge on any atom is 0.324 e. The average Bonchev–Trinajstić information content (AvgIpc) is 1.52. The predicted molar refractivity (Wildman–Crippen MR) is 517 cm³/mol. The summed E-state index contributed by atoms with van der Waals surface area (Å²) in [5.74, 6) is 12.2. The number of nitrogens with two attached hydrogens (primary N) is 2. The summed E-state index contributed by atoms with van der Waals surface area (Å²) < 4.78 is 82.3. The smallest absolute Gasteiger partial charge is 0.324 e. The van der Waals surface area contributed by atoms with Crippen LogP contribution in [-0.4, -0.2) is 203 Å². The molecule has 6 saturated heterocycles. The van der Waals surface area contributed by atoms with Gasteiger partial charge in [0, 0.05) is 187 Å². The van der Waals surface area contributed by atoms with Gasteiger partial charge in [-0.25, -0.2) is 62.2 Å². The van der Waals surface area contributed by atoms with Crippen LogP contribution in [0, 0.1) is 58.8 Å². The number of piperidine rings is 2. The van der Waals surface area contributed by atoms with Gasteiger partial charge >= 0.3 is 30.1 Å². The summed E-state index contributed by atoms with van der Waals surface area (Å²) in [6.45, 7) is 8.04. The van der Waals surface area contributed by atoms with Gasteiger partial charge in [-0.3, -0.25) is 10.1 Å². The molecule has 0 bridgehead atoms. The van der Waals surface area contributed by atoms with Crippen LogP contribution in [-0.2, 0) is 30.5 Å². The normalized spacial score (nSPS) is 22.4. The van der Waals surface area contributed by atoms with Gasteiger partial charge in [0.1, 0.15) is 75.4 Å². The Morgan fingerprint density at radius 2 is 0.723 bits per heavy atom. The Bertz CT molecular complexity index is 6990. The average molecular weight is 1910 g/mol. The van der Waals surface area contributed by atoms with Crippen LogP contribution in [0.3, 0.4) is 0 Å². The summed E-state index contributed by atoms with van der Waals surface area (Å²) >= 11 is 0. The number of hydrogen-bond acceptors (Lipinski definition) is 33. The number of rotatable bonds is 21. The van der Waals surface area contributed by atoms with Gasteiger partial charge in [-0.1, -0.05) is 0 Å². The van der Waals surface area contributed by atoms with Crippen LogP contribution < -0.4 is 87.2 Å². The number of anilines is 8. The van der Waals surface area contributed by atoms with Crippen molar-refractivity contribution < 1.29 is 46.1 Å². The lowest BCUT2D eigenvalue weighted by Gasteiger charge is -2.38. The molecule has 7 atom stereocenters. The topological polar surface area (TPSA) is 427 Å². The predicted octanol–water partition coefficient (Wildman–Crippen LogP) is 13.5. The monoisotopic (exact) mass is 1910 g/mol. The minimum atomic E-state index is -0.924. The van der Waals surface area contributed by atoms with Gasteiger partial charge in [-0.2, -0.15) is 39.9 Å². The highest BCUT2D eigenvalue weighted by Gasteiger charge is 2.56. The molecule has 39 heteroatoms. The SMILES string of the molecule is CNc1cc(F)cc2c1Cc1nc(Oc3cnc(C4CC4)nc3)nc(N3CC4C(CN)C4C3)c1-2.CNc1cc(F)cc2c1Cc1nc(Oc3cnc(C4CC4)nc3)nc(N3CC4CCC(N)C4C3)c1-2.CNc1cc(F)cc2c1Cc1nc(Oc3cnc(C4CC4)nc3)nc(N3CC4CCNC4C3)c1-2.CNc1cc(F)cc2c1Cc1nc(Oc3cnc(C4CC4)nc3)nc(N3CCC4(CC3)NC(=O)NC4=O)c1-2. The molecule has 722 valence electrons. The second kappa shape index (κ2) is 35.2. The van der Waals surface area contributed by atoms with Gasteiger partial charge in [0.15, 0.2) is 23.0 Å². The van der Waals surface area contributed by atoms with Crippen LogP contribution in [0.2, 0.25) is 0 Å². The largest absolute Gasteiger partial charge is 0.421 e. The maximum absolute atomic E-state index is 14.6. The fourth-order valence-corrected chi connectivity index (χ4v) is 23.2. The number of halogens is 4. The third-order valence-electron chi connectivity index (χ3n) is 31.1. The zero-order valence-corrected chi connectivity index (χ0v) is 78.3. The molecule has 10 aliphatic carbocycles. The Morgan fingerprint density at radius 1 is 0.397 bits per heavy atom. The molecule has 3 amide bonds. The zero-order valence-electron chi connectivity index (χ0n) is 78.3. The van der Waals surface area contributed by atoms with Gasteiger partial charge in [0.25, 0.3) is 5.91 Å². The number of hydrogen-bond donors (Lipinski definition) is 9. The molecule has 6 aliphatic heterocycles. The lowest BCUT2D eigenvalue weighted by Crippen LogP contribution is -2.55. The maximum atomic E-state index is 14.6. The van der Waals surface area contributed by atoms with E-state index in [0.717, 1.165) is 270 Å². The van der Waals surface area contributed by atoms with E-state index in [9.17, 15) is 27.2 Å². The summed E-state index contributed by atoms with van der Waals surface area (Å²) in [7, 11) is 7.20. The Hall–Kier alpha value is -14.3. The molecular weight excluding hydrogens is 1800 g/mol. The van der Waals surface area contributed by atoms with Crippen molar-refractivity contribution in [2.45, 2.75) is 150 Å². The highest BCUT2D eigenvalue weighted by Crippen LogP contribution is 2.57. The van der Waals surface area contributed by atoms with Crippen LogP contribution in [0.5, 0.6) is 47.0 Å². The quantitative estimate of drug-likeness (QED) is 0.0238. The third kappa shape index (κ3) is 16.7. The van der Waals surface area contributed by atoms with E-state index in [-0.39, 0.29) is 59.3 Å². The van der Waals surface area contributed by atoms with Crippen LogP contribution >= 0.6 is 0 Å². The number of ether oxygens (including phenoxy) is 4. The lowest BCUT2D eigenvalue weighted by atomic mass is 9.87. The van der Waals surface area contributed by atoms with E-state index in [2.05, 4.69) is 91.8 Å². The number of benzene rings is 4. The van der Waals surface area contributed by atoms with Crippen molar-refractivity contribution in [2.24, 2.45) is 47.0 Å². The summed E-state index contributed by atoms with van der Waals surface area (Å²) in [5.41, 5.74) is 28.6. The Kier molecular flexibility index (Phi) is 22.0. The first-order chi connectivity index (χ1) is 68.8. The molecule has 8 aromatic heterocycles. The molecule has 141 heavy (non-hydrogen) atoms. The minimum Gasteiger partial charge on any atom is -0.421 e. The summed E-state index contributed by atoms with van der Waals surface area (Å²) in [6, 6.07) is 13.6. The van der Waals surface area contributed by atoms with Crippen molar-refractivity contribution in [1.82, 2.24) is 95.7 Å². The second-order valence-corrected chi connectivity index (χ2v) is 40.0. The van der Waals surface area contributed by atoms with E-state index >= 15 is 0 Å². The number of aromatic nitrogens is 16. The molecule has 6 saturated carbocycles. The molecule has 35 nitrogen and oxygen atoms in total. The van der Waals surface area contributed by atoms with Crippen LogP contribution in [0.15, 0.2) is 98.1 Å². The number of fused-ring (bicyclic) bond motifs is 15. The number of nitrogens with one attached hydrogen (secondary N) is 7. The van der Waals surface area contributed by atoms with Crippen LogP contribution in [0.1, 0.15) is 175 Å². The Labute approximate surface area is 808 Å². The molecule has 11 N–H and O–H groups in total. The number of urea groups is 1. The van der Waals surface area contributed by atoms with E-state index < -0.39 is 11.6 Å². The number of carbonyl (C=O) groups is 2. The molecule has 16 aliphatic rings. The van der Waals surface area contributed by atoms with E-state index in [1.807, 2.05) is 26.0 Å². The highest BCUT2D eigenvalue weighted by molar-refractivity contribution is 6.07. The van der Waals surface area contributed by atoms with E-state index in [0.29, 0.717) is 151 Å². The van der Waals surface area contributed by atoms with E-state index in [1.54, 1.807) is 74.8 Å². The molecular formula is C102H105F4N29O6. The summed E-state index contributed by atoms with van der Waals surface area (Å²) in [4.78, 5) is 107. The van der Waals surface area contributed by atoms with Crippen molar-refractivity contribution in [3.63, 3.8) is 0 Å². The molecule has 7 unspecified atom stereocenters. The summed E-state index contributed by atoms with van der Waals surface area (Å²) in [5, 5.41) is 21.2. The van der Waals surface area contributed by atoms with E-state index in [1.165, 1.54) is 30.3 Å². The molecule has 4 aromatic carbocycles. The van der Waals surface area contributed by atoms with Crippen molar-refractivity contribution in [3.05, 3.63) is 190 Å². The Balaban J connectivity index is 0.0000000991. The molecule has 14 heterocycles. The van der Waals surface area contributed by atoms with Gasteiger partial charge in [-0.15, -0.1) is 0 Å². The lowest BCUT2D eigenvalue weighted by molar-refractivity contribution is -0.124. The highest BCUT2D eigenvalue weighted by atomic mass is 19.1. The molecule has 1 spiro atoms. The first-order valence-corrected chi connectivity index (χ1v) is 49.3. The third-order valence-corrected chi connectivity index (χ3v) is 31.1.